The van der Waals surface area contributed by atoms with Crippen LogP contribution in [0.5, 0.6) is 0 Å². The summed E-state index contributed by atoms with van der Waals surface area (Å²) in [6.07, 6.45) is 5.22. The summed E-state index contributed by atoms with van der Waals surface area (Å²) in [6.45, 7) is 0. The van der Waals surface area contributed by atoms with Gasteiger partial charge in [0.1, 0.15) is 11.3 Å². The molecule has 7 heteroatoms. The number of rotatable bonds is 5. The van der Waals surface area contributed by atoms with Gasteiger partial charge < -0.3 is 15.6 Å². The van der Waals surface area contributed by atoms with Crippen molar-refractivity contribution in [2.24, 2.45) is 10.7 Å². The number of halogens is 1. The topological polar surface area (TPSA) is 97.8 Å². The monoisotopic (exact) mass is 281 g/mol. The first kappa shape index (κ1) is 13.4. The van der Waals surface area contributed by atoms with E-state index in [1.165, 1.54) is 24.4 Å². The molecule has 3 N–H and O–H groups in total. The summed E-state index contributed by atoms with van der Waals surface area (Å²) in [7, 11) is 0. The molecule has 2 rings (SSSR count). The van der Waals surface area contributed by atoms with Crippen LogP contribution in [-0.4, -0.2) is 28.4 Å². The normalized spacial score (nSPS) is 15.7. The third-order valence-electron chi connectivity index (χ3n) is 2.34. The lowest BCUT2D eigenvalue weighted by Crippen LogP contribution is -2.04. The van der Waals surface area contributed by atoms with Crippen molar-refractivity contribution >= 4 is 29.6 Å². The maximum atomic E-state index is 10.7. The van der Waals surface area contributed by atoms with Gasteiger partial charge in [-0.05, 0) is 25.0 Å². The average Bonchev–Trinajstić information content (AvgIpc) is 3.12. The van der Waals surface area contributed by atoms with Gasteiger partial charge in [-0.15, -0.1) is 0 Å². The molecular formula is C12H12ClN3O3. The molecule has 1 aromatic heterocycles. The molecule has 0 atom stereocenters. The summed E-state index contributed by atoms with van der Waals surface area (Å²) in [6, 6.07) is 2.80. The molecule has 0 unspecified atom stereocenters. The fourth-order valence-corrected chi connectivity index (χ4v) is 1.49. The Morgan fingerprint density at radius 3 is 2.89 bits per heavy atom. The first-order valence-electron chi connectivity index (χ1n) is 5.62. The fourth-order valence-electron chi connectivity index (χ4n) is 1.26. The van der Waals surface area contributed by atoms with Crippen LogP contribution in [0.3, 0.4) is 0 Å². The first-order chi connectivity index (χ1) is 9.06. The lowest BCUT2D eigenvalue weighted by atomic mass is 10.3. The van der Waals surface area contributed by atoms with Crippen molar-refractivity contribution in [1.82, 2.24) is 4.98 Å². The largest absolute Gasteiger partial charge is 0.478 e. The molecule has 1 aliphatic rings. The number of hydrogen-bond acceptors (Lipinski definition) is 5. The Kier molecular flexibility index (Phi) is 4.01. The third-order valence-corrected chi connectivity index (χ3v) is 2.63. The summed E-state index contributed by atoms with van der Waals surface area (Å²) in [5.74, 6) is -0.542. The highest BCUT2D eigenvalue weighted by Crippen LogP contribution is 2.24. The highest BCUT2D eigenvalue weighted by Gasteiger charge is 2.23. The number of carbonyl (C=O) groups is 1. The molecule has 0 saturated heterocycles. The van der Waals surface area contributed by atoms with Crippen molar-refractivity contribution < 1.29 is 14.6 Å². The van der Waals surface area contributed by atoms with Gasteiger partial charge in [-0.2, -0.15) is 0 Å². The number of carboxylic acids is 1. The van der Waals surface area contributed by atoms with Crippen LogP contribution in [0, 0.1) is 0 Å². The number of ether oxygens (including phenoxy) is 1. The Morgan fingerprint density at radius 1 is 1.58 bits per heavy atom. The van der Waals surface area contributed by atoms with E-state index in [-0.39, 0.29) is 16.8 Å². The van der Waals surface area contributed by atoms with E-state index in [1.807, 2.05) is 0 Å². The lowest BCUT2D eigenvalue weighted by molar-refractivity contribution is 0.0696. The van der Waals surface area contributed by atoms with Crippen molar-refractivity contribution in [2.75, 3.05) is 0 Å². The summed E-state index contributed by atoms with van der Waals surface area (Å²) in [5, 5.41) is 8.69. The van der Waals surface area contributed by atoms with Crippen LogP contribution in [0.15, 0.2) is 29.1 Å². The Morgan fingerprint density at radius 2 is 2.32 bits per heavy atom. The van der Waals surface area contributed by atoms with E-state index in [2.05, 4.69) is 9.98 Å². The van der Waals surface area contributed by atoms with Crippen LogP contribution in [0.4, 0.5) is 5.82 Å². The Balaban J connectivity index is 2.02. The first-order valence-corrected chi connectivity index (χ1v) is 6.00. The molecule has 6 nitrogen and oxygen atoms in total. The van der Waals surface area contributed by atoms with Gasteiger partial charge in [0.25, 0.3) is 0 Å². The van der Waals surface area contributed by atoms with Gasteiger partial charge >= 0.3 is 5.97 Å². The summed E-state index contributed by atoms with van der Waals surface area (Å²) in [4.78, 5) is 18.6. The zero-order chi connectivity index (χ0) is 13.8. The van der Waals surface area contributed by atoms with E-state index in [4.69, 9.17) is 27.2 Å². The number of pyridine rings is 1. The van der Waals surface area contributed by atoms with Crippen molar-refractivity contribution in [3.63, 3.8) is 0 Å². The average molecular weight is 282 g/mol. The van der Waals surface area contributed by atoms with Gasteiger partial charge in [-0.25, -0.2) is 14.8 Å². The molecule has 1 saturated carbocycles. The molecule has 19 heavy (non-hydrogen) atoms. The van der Waals surface area contributed by atoms with Crippen molar-refractivity contribution in [1.29, 1.82) is 0 Å². The number of aromatic carboxylic acids is 1. The number of aliphatic imine (C=N–C) groups is 1. The molecule has 0 aromatic carbocycles. The number of allylic oxidation sites excluding steroid dienone is 1. The predicted molar refractivity (Wildman–Crippen MR) is 70.7 cm³/mol. The second-order valence-electron chi connectivity index (χ2n) is 3.98. The summed E-state index contributed by atoms with van der Waals surface area (Å²) < 4.78 is 5.30. The smallest absolute Gasteiger partial charge is 0.338 e. The van der Waals surface area contributed by atoms with Gasteiger partial charge in [0.15, 0.2) is 11.7 Å². The van der Waals surface area contributed by atoms with E-state index in [1.54, 1.807) is 0 Å². The van der Waals surface area contributed by atoms with Crippen LogP contribution in [0.1, 0.15) is 23.2 Å². The molecule has 0 radical (unpaired) electrons. The maximum absolute atomic E-state index is 10.7. The zero-order valence-electron chi connectivity index (χ0n) is 9.91. The zero-order valence-corrected chi connectivity index (χ0v) is 10.7. The minimum atomic E-state index is -1.13. The van der Waals surface area contributed by atoms with Gasteiger partial charge in [-0.3, -0.25) is 0 Å². The quantitative estimate of drug-likeness (QED) is 0.489. The molecule has 1 aliphatic carbocycles. The number of carboxylic acid groups (broad SMARTS) is 1. The van der Waals surface area contributed by atoms with Crippen LogP contribution >= 0.6 is 11.6 Å². The number of aromatic nitrogens is 1. The Labute approximate surface area is 114 Å². The van der Waals surface area contributed by atoms with Crippen LogP contribution < -0.4 is 5.73 Å². The molecule has 0 spiro atoms. The van der Waals surface area contributed by atoms with Crippen molar-refractivity contribution in [3.8, 4) is 0 Å². The lowest BCUT2D eigenvalue weighted by Gasteiger charge is -2.01. The highest BCUT2D eigenvalue weighted by atomic mass is 35.5. The summed E-state index contributed by atoms with van der Waals surface area (Å²) >= 11 is 5.71. The van der Waals surface area contributed by atoms with E-state index < -0.39 is 5.97 Å². The molecule has 1 fully saturated rings. The molecule has 100 valence electrons. The van der Waals surface area contributed by atoms with Gasteiger partial charge in [0.05, 0.1) is 5.56 Å². The molecule has 0 amide bonds. The van der Waals surface area contributed by atoms with E-state index in [9.17, 15) is 4.79 Å². The standard InChI is InChI=1S/C12H12ClN3O3/c13-11-8(12(17)18)3-4-10(16-11)15-6-5-9(14)19-7-1-2-7/h3-7H,1-2,14H2,(H,17,18). The van der Waals surface area contributed by atoms with Crippen LogP contribution in [0.25, 0.3) is 0 Å². The Bertz CT molecular complexity index is 553. The molecule has 1 heterocycles. The fraction of sp³-hybridized carbons (Fsp3) is 0.250. The van der Waals surface area contributed by atoms with E-state index >= 15 is 0 Å². The van der Waals surface area contributed by atoms with Gasteiger partial charge in [-0.1, -0.05) is 11.6 Å². The second kappa shape index (κ2) is 5.71. The predicted octanol–water partition coefficient (Wildman–Crippen LogP) is 2.11. The van der Waals surface area contributed by atoms with E-state index in [0.717, 1.165) is 12.8 Å². The van der Waals surface area contributed by atoms with Crippen molar-refractivity contribution in [2.45, 2.75) is 18.9 Å². The highest BCUT2D eigenvalue weighted by molar-refractivity contribution is 6.32. The molecular weight excluding hydrogens is 270 g/mol. The number of hydrogen-bond donors (Lipinski definition) is 2. The third kappa shape index (κ3) is 3.96. The second-order valence-corrected chi connectivity index (χ2v) is 4.34. The maximum Gasteiger partial charge on any atom is 0.338 e. The minimum Gasteiger partial charge on any atom is -0.478 e. The van der Waals surface area contributed by atoms with Crippen LogP contribution in [0.2, 0.25) is 5.15 Å². The SMILES string of the molecule is NC(=CC=Nc1ccc(C(=O)O)c(Cl)n1)OC1CC1. The van der Waals surface area contributed by atoms with E-state index in [0.29, 0.717) is 11.7 Å². The Hall–Kier alpha value is -2.08. The molecule has 0 bridgehead atoms. The summed E-state index contributed by atoms with van der Waals surface area (Å²) in [5.41, 5.74) is 5.53. The molecule has 1 aromatic rings. The van der Waals surface area contributed by atoms with Gasteiger partial charge in [0.2, 0.25) is 0 Å². The minimum absolute atomic E-state index is 0.0623. The molecule has 0 aliphatic heterocycles. The van der Waals surface area contributed by atoms with Crippen LogP contribution in [-0.2, 0) is 4.74 Å². The number of nitrogens with two attached hydrogens (primary N) is 1. The number of nitrogens with zero attached hydrogens (tertiary/aromatic N) is 2. The van der Waals surface area contributed by atoms with Gasteiger partial charge in [0, 0.05) is 12.3 Å². The van der Waals surface area contributed by atoms with Crippen molar-refractivity contribution in [3.05, 3.63) is 34.8 Å².